The molecule has 2 rings (SSSR count). The summed E-state index contributed by atoms with van der Waals surface area (Å²) in [5.41, 5.74) is 8.65. The third-order valence-corrected chi connectivity index (χ3v) is 4.96. The van der Waals surface area contributed by atoms with Crippen molar-refractivity contribution in [2.75, 3.05) is 18.0 Å². The van der Waals surface area contributed by atoms with Crippen LogP contribution in [0.4, 0.5) is 5.69 Å². The normalized spacial score (nSPS) is 23.2. The van der Waals surface area contributed by atoms with Crippen LogP contribution in [-0.4, -0.2) is 18.6 Å². The smallest absolute Gasteiger partial charge is 0.0374 e. The Morgan fingerprint density at radius 1 is 1.44 bits per heavy atom. The molecule has 1 unspecified atom stereocenters. The molecule has 1 aromatic carbocycles. The van der Waals surface area contributed by atoms with Crippen LogP contribution in [0.25, 0.3) is 0 Å². The molecule has 0 radical (unpaired) electrons. The molecule has 1 aliphatic heterocycles. The molecule has 1 aliphatic rings. The maximum absolute atomic E-state index is 5.83. The highest BCUT2D eigenvalue weighted by molar-refractivity contribution is 9.10. The van der Waals surface area contributed by atoms with Gasteiger partial charge >= 0.3 is 0 Å². The molecule has 1 atom stereocenters. The van der Waals surface area contributed by atoms with Gasteiger partial charge in [0, 0.05) is 22.2 Å². The van der Waals surface area contributed by atoms with Gasteiger partial charge in [-0.2, -0.15) is 0 Å². The molecule has 1 saturated heterocycles. The van der Waals surface area contributed by atoms with E-state index in [-0.39, 0.29) is 5.54 Å². The zero-order chi connectivity index (χ0) is 13.3. The molecule has 0 bridgehead atoms. The highest BCUT2D eigenvalue weighted by Crippen LogP contribution is 2.36. The number of nitrogens with two attached hydrogens (primary N) is 1. The molecule has 1 fully saturated rings. The Morgan fingerprint density at radius 3 is 2.72 bits per heavy atom. The molecule has 0 aromatic heterocycles. The van der Waals surface area contributed by atoms with E-state index in [0.717, 1.165) is 13.1 Å². The van der Waals surface area contributed by atoms with Gasteiger partial charge in [-0.25, -0.2) is 0 Å². The monoisotopic (exact) mass is 310 g/mol. The van der Waals surface area contributed by atoms with Crippen LogP contribution in [0.15, 0.2) is 22.7 Å². The number of aryl methyl sites for hydroxylation is 1. The average Bonchev–Trinajstić information content (AvgIpc) is 2.31. The summed E-state index contributed by atoms with van der Waals surface area (Å²) in [4.78, 5) is 2.53. The van der Waals surface area contributed by atoms with E-state index in [1.807, 2.05) is 0 Å². The zero-order valence-corrected chi connectivity index (χ0v) is 13.1. The molecular formula is C15H23BrN2. The Balaban J connectivity index is 2.25. The summed E-state index contributed by atoms with van der Waals surface area (Å²) in [6.45, 7) is 8.72. The third kappa shape index (κ3) is 2.72. The first-order valence-corrected chi connectivity index (χ1v) is 7.47. The maximum Gasteiger partial charge on any atom is 0.0374 e. The molecule has 1 aromatic rings. The van der Waals surface area contributed by atoms with Crippen molar-refractivity contribution in [3.63, 3.8) is 0 Å². The van der Waals surface area contributed by atoms with Crippen LogP contribution in [0.3, 0.4) is 0 Å². The van der Waals surface area contributed by atoms with Crippen LogP contribution in [-0.2, 0) is 0 Å². The fourth-order valence-corrected chi connectivity index (χ4v) is 3.26. The van der Waals surface area contributed by atoms with E-state index in [0.29, 0.717) is 5.92 Å². The van der Waals surface area contributed by atoms with Gasteiger partial charge in [0.25, 0.3) is 0 Å². The predicted octanol–water partition coefficient (Wildman–Crippen LogP) is 3.71. The molecule has 0 aliphatic carbocycles. The molecule has 18 heavy (non-hydrogen) atoms. The Kier molecular flexibility index (Phi) is 4.02. The van der Waals surface area contributed by atoms with Gasteiger partial charge < -0.3 is 10.6 Å². The molecule has 1 heterocycles. The van der Waals surface area contributed by atoms with Crippen molar-refractivity contribution >= 4 is 21.6 Å². The summed E-state index contributed by atoms with van der Waals surface area (Å²) < 4.78 is 1.18. The summed E-state index contributed by atoms with van der Waals surface area (Å²) in [7, 11) is 0. The lowest BCUT2D eigenvalue weighted by atomic mass is 9.82. The Labute approximate surface area is 119 Å². The Hall–Kier alpha value is -0.540. The summed E-state index contributed by atoms with van der Waals surface area (Å²) in [5.74, 6) is 0.674. The van der Waals surface area contributed by atoms with Crippen molar-refractivity contribution in [2.45, 2.75) is 39.2 Å². The largest absolute Gasteiger partial charge is 0.366 e. The lowest BCUT2D eigenvalue weighted by Gasteiger charge is -2.47. The van der Waals surface area contributed by atoms with E-state index < -0.39 is 0 Å². The maximum atomic E-state index is 5.83. The van der Waals surface area contributed by atoms with Gasteiger partial charge in [-0.3, -0.25) is 0 Å². The molecule has 2 nitrogen and oxygen atoms in total. The number of hydrogen-bond donors (Lipinski definition) is 1. The van der Waals surface area contributed by atoms with E-state index in [4.69, 9.17) is 5.73 Å². The lowest BCUT2D eigenvalue weighted by Crippen LogP contribution is -2.51. The van der Waals surface area contributed by atoms with E-state index in [2.05, 4.69) is 59.8 Å². The minimum absolute atomic E-state index is 0.197. The van der Waals surface area contributed by atoms with E-state index >= 15 is 0 Å². The summed E-state index contributed by atoms with van der Waals surface area (Å²) in [5, 5.41) is 0. The van der Waals surface area contributed by atoms with Gasteiger partial charge in [0.2, 0.25) is 0 Å². The number of nitrogens with zero attached hydrogens (tertiary/aromatic N) is 1. The summed E-state index contributed by atoms with van der Waals surface area (Å²) in [6.07, 6.45) is 2.38. The van der Waals surface area contributed by atoms with Gasteiger partial charge in [0.1, 0.15) is 0 Å². The van der Waals surface area contributed by atoms with Crippen LogP contribution >= 0.6 is 15.9 Å². The number of halogens is 1. The molecule has 2 N–H and O–H groups in total. The Morgan fingerprint density at radius 2 is 2.17 bits per heavy atom. The number of rotatable bonds is 2. The Bertz CT molecular complexity index is 429. The molecule has 0 amide bonds. The first-order valence-electron chi connectivity index (χ1n) is 6.68. The van der Waals surface area contributed by atoms with Crippen LogP contribution in [0.1, 0.15) is 32.3 Å². The van der Waals surface area contributed by atoms with E-state index in [9.17, 15) is 0 Å². The van der Waals surface area contributed by atoms with Crippen molar-refractivity contribution in [2.24, 2.45) is 11.7 Å². The molecule has 0 spiro atoms. The highest BCUT2D eigenvalue weighted by atomic mass is 79.9. The average molecular weight is 311 g/mol. The topological polar surface area (TPSA) is 29.3 Å². The number of anilines is 1. The predicted molar refractivity (Wildman–Crippen MR) is 82.1 cm³/mol. The number of hydrogen-bond acceptors (Lipinski definition) is 2. The number of benzene rings is 1. The van der Waals surface area contributed by atoms with Crippen molar-refractivity contribution in [3.8, 4) is 0 Å². The highest BCUT2D eigenvalue weighted by Gasteiger charge is 2.34. The summed E-state index contributed by atoms with van der Waals surface area (Å²) >= 11 is 3.57. The van der Waals surface area contributed by atoms with Crippen LogP contribution in [0.2, 0.25) is 0 Å². The van der Waals surface area contributed by atoms with Crippen molar-refractivity contribution in [1.82, 2.24) is 0 Å². The fraction of sp³-hybridized carbons (Fsp3) is 0.600. The molecular weight excluding hydrogens is 288 g/mol. The van der Waals surface area contributed by atoms with Gasteiger partial charge in [-0.1, -0.05) is 15.9 Å². The second-order valence-electron chi connectivity index (χ2n) is 5.99. The third-order valence-electron chi connectivity index (χ3n) is 4.07. The summed E-state index contributed by atoms with van der Waals surface area (Å²) in [6, 6.07) is 6.63. The van der Waals surface area contributed by atoms with Gasteiger partial charge in [0.15, 0.2) is 0 Å². The van der Waals surface area contributed by atoms with Crippen molar-refractivity contribution < 1.29 is 0 Å². The zero-order valence-electron chi connectivity index (χ0n) is 11.5. The van der Waals surface area contributed by atoms with Gasteiger partial charge in [-0.15, -0.1) is 0 Å². The van der Waals surface area contributed by atoms with E-state index in [1.165, 1.54) is 28.6 Å². The molecule has 3 heteroatoms. The lowest BCUT2D eigenvalue weighted by molar-refractivity contribution is 0.279. The van der Waals surface area contributed by atoms with E-state index in [1.54, 1.807) is 0 Å². The van der Waals surface area contributed by atoms with Gasteiger partial charge in [-0.05, 0) is 69.8 Å². The second-order valence-corrected chi connectivity index (χ2v) is 6.85. The SMILES string of the molecule is Cc1cc(N2CCC(CN)CC2(C)C)ccc1Br. The van der Waals surface area contributed by atoms with Crippen LogP contribution in [0, 0.1) is 12.8 Å². The van der Waals surface area contributed by atoms with Crippen LogP contribution in [0.5, 0.6) is 0 Å². The molecule has 0 saturated carbocycles. The fourth-order valence-electron chi connectivity index (χ4n) is 3.01. The molecule has 100 valence electrons. The first-order chi connectivity index (χ1) is 8.44. The standard InChI is InChI=1S/C15H23BrN2/c1-11-8-13(4-5-14(11)16)18-7-6-12(10-17)9-15(18,2)3/h4-5,8,12H,6-7,9-10,17H2,1-3H3. The minimum Gasteiger partial charge on any atom is -0.366 e. The number of piperidine rings is 1. The minimum atomic E-state index is 0.197. The van der Waals surface area contributed by atoms with Crippen molar-refractivity contribution in [3.05, 3.63) is 28.2 Å². The quantitative estimate of drug-likeness (QED) is 0.902. The van der Waals surface area contributed by atoms with Crippen molar-refractivity contribution in [1.29, 1.82) is 0 Å². The van der Waals surface area contributed by atoms with Gasteiger partial charge in [0.05, 0.1) is 0 Å². The second kappa shape index (κ2) is 5.22. The first kappa shape index (κ1) is 13.9. The van der Waals surface area contributed by atoms with Crippen LogP contribution < -0.4 is 10.6 Å².